The van der Waals surface area contributed by atoms with E-state index < -0.39 is 0 Å². The molecule has 0 aliphatic carbocycles. The predicted octanol–water partition coefficient (Wildman–Crippen LogP) is 5.26. The Morgan fingerprint density at radius 2 is 1.83 bits per heavy atom. The summed E-state index contributed by atoms with van der Waals surface area (Å²) in [6, 6.07) is 13.6. The molecular weight excluding hydrogens is 324 g/mol. The van der Waals surface area contributed by atoms with Crippen LogP contribution in [0.3, 0.4) is 0 Å². The molecule has 0 radical (unpaired) electrons. The van der Waals surface area contributed by atoms with Crippen LogP contribution in [0.5, 0.6) is 11.5 Å². The molecule has 4 nitrogen and oxygen atoms in total. The summed E-state index contributed by atoms with van der Waals surface area (Å²) in [6.45, 7) is 4.18. The molecule has 0 saturated heterocycles. The summed E-state index contributed by atoms with van der Waals surface area (Å²) in [7, 11) is 1.70. The first-order valence-corrected chi connectivity index (χ1v) is 8.28. The lowest BCUT2D eigenvalue weighted by molar-refractivity contribution is 0.0675. The van der Waals surface area contributed by atoms with Crippen molar-refractivity contribution < 1.29 is 9.47 Å². The van der Waals surface area contributed by atoms with Gasteiger partial charge in [0.15, 0.2) is 0 Å². The molecule has 1 unspecified atom stereocenters. The van der Waals surface area contributed by atoms with Gasteiger partial charge in [0, 0.05) is 40.8 Å². The Hall–Kier alpha value is -2.01. The van der Waals surface area contributed by atoms with Crippen molar-refractivity contribution in [3.05, 3.63) is 59.2 Å². The van der Waals surface area contributed by atoms with Crippen LogP contribution in [0, 0.1) is 0 Å². The summed E-state index contributed by atoms with van der Waals surface area (Å²) in [5.41, 5.74) is 2.02. The molecule has 0 amide bonds. The molecule has 3 rings (SSSR count). The van der Waals surface area contributed by atoms with E-state index in [0.29, 0.717) is 11.1 Å². The fraction of sp³-hybridized carbons (Fsp3) is 0.263. The van der Waals surface area contributed by atoms with E-state index in [-0.39, 0.29) is 6.23 Å². The number of halogens is 1. The van der Waals surface area contributed by atoms with Crippen molar-refractivity contribution in [2.75, 3.05) is 7.11 Å². The first kappa shape index (κ1) is 16.8. The molecule has 2 N–H and O–H groups in total. The van der Waals surface area contributed by atoms with Gasteiger partial charge in [-0.1, -0.05) is 17.7 Å². The van der Waals surface area contributed by atoms with Crippen molar-refractivity contribution in [1.82, 2.24) is 10.3 Å². The van der Waals surface area contributed by atoms with Crippen LogP contribution in [-0.2, 0) is 4.74 Å². The van der Waals surface area contributed by atoms with Crippen LogP contribution >= 0.6 is 11.6 Å². The van der Waals surface area contributed by atoms with Gasteiger partial charge in [0.05, 0.1) is 0 Å². The summed E-state index contributed by atoms with van der Waals surface area (Å²) in [5, 5.41) is 5.10. The highest BCUT2D eigenvalue weighted by molar-refractivity contribution is 6.30. The first-order valence-electron chi connectivity index (χ1n) is 7.90. The lowest BCUT2D eigenvalue weighted by Gasteiger charge is -2.20. The monoisotopic (exact) mass is 344 g/mol. The number of hydrogen-bond acceptors (Lipinski definition) is 3. The van der Waals surface area contributed by atoms with Crippen molar-refractivity contribution in [3.63, 3.8) is 0 Å². The van der Waals surface area contributed by atoms with Gasteiger partial charge in [-0.15, -0.1) is 0 Å². The van der Waals surface area contributed by atoms with Crippen LogP contribution in [-0.4, -0.2) is 18.1 Å². The number of rotatable bonds is 6. The highest BCUT2D eigenvalue weighted by Gasteiger charge is 2.19. The van der Waals surface area contributed by atoms with E-state index >= 15 is 0 Å². The second-order valence-electron chi connectivity index (χ2n) is 5.92. The Morgan fingerprint density at radius 1 is 1.08 bits per heavy atom. The predicted molar refractivity (Wildman–Crippen MR) is 97.8 cm³/mol. The molecule has 0 saturated carbocycles. The summed E-state index contributed by atoms with van der Waals surface area (Å²) >= 11 is 5.94. The Kier molecular flexibility index (Phi) is 5.09. The topological polar surface area (TPSA) is 46.3 Å². The van der Waals surface area contributed by atoms with Crippen LogP contribution in [0.25, 0.3) is 10.9 Å². The van der Waals surface area contributed by atoms with Gasteiger partial charge in [-0.25, -0.2) is 0 Å². The number of benzene rings is 2. The summed E-state index contributed by atoms with van der Waals surface area (Å²) < 4.78 is 11.7. The van der Waals surface area contributed by atoms with Crippen molar-refractivity contribution >= 4 is 22.5 Å². The van der Waals surface area contributed by atoms with E-state index in [1.165, 1.54) is 0 Å². The van der Waals surface area contributed by atoms with Gasteiger partial charge >= 0.3 is 0 Å². The molecule has 1 aromatic heterocycles. The molecule has 1 atom stereocenters. The highest BCUT2D eigenvalue weighted by atomic mass is 35.5. The number of methoxy groups -OCH3 is 1. The van der Waals surface area contributed by atoms with Crippen molar-refractivity contribution in [3.8, 4) is 11.5 Å². The molecule has 0 bridgehead atoms. The number of hydrogen-bond donors (Lipinski definition) is 2. The van der Waals surface area contributed by atoms with Gasteiger partial charge in [-0.05, 0) is 50.2 Å². The maximum Gasteiger partial charge on any atom is 0.137 e. The summed E-state index contributed by atoms with van der Waals surface area (Å²) in [5.74, 6) is 1.52. The van der Waals surface area contributed by atoms with Gasteiger partial charge in [0.2, 0.25) is 0 Å². The Morgan fingerprint density at radius 3 is 2.50 bits per heavy atom. The number of aromatic nitrogens is 1. The second-order valence-corrected chi connectivity index (χ2v) is 6.35. The third kappa shape index (κ3) is 3.56. The zero-order chi connectivity index (χ0) is 17.1. The lowest BCUT2D eigenvalue weighted by atomic mass is 10.1. The Labute approximate surface area is 146 Å². The minimum absolute atomic E-state index is 0.214. The Bertz CT molecular complexity index is 812. The number of nitrogens with one attached hydrogen (secondary N) is 2. The summed E-state index contributed by atoms with van der Waals surface area (Å²) in [4.78, 5) is 3.29. The van der Waals surface area contributed by atoms with Crippen LogP contribution in [0.15, 0.2) is 48.7 Å². The van der Waals surface area contributed by atoms with Crippen LogP contribution in [0.2, 0.25) is 5.02 Å². The molecule has 126 valence electrons. The molecule has 0 spiro atoms. The fourth-order valence-corrected chi connectivity index (χ4v) is 2.81. The third-order valence-electron chi connectivity index (χ3n) is 3.74. The lowest BCUT2D eigenvalue weighted by Crippen LogP contribution is -2.29. The average molecular weight is 345 g/mol. The van der Waals surface area contributed by atoms with Crippen LogP contribution < -0.4 is 10.1 Å². The van der Waals surface area contributed by atoms with E-state index in [1.807, 2.05) is 48.7 Å². The van der Waals surface area contributed by atoms with E-state index in [2.05, 4.69) is 24.1 Å². The van der Waals surface area contributed by atoms with E-state index in [9.17, 15) is 0 Å². The second kappa shape index (κ2) is 7.26. The molecule has 2 aromatic carbocycles. The number of H-pyrrole nitrogens is 1. The average Bonchev–Trinajstić information content (AvgIpc) is 2.99. The van der Waals surface area contributed by atoms with Crippen LogP contribution in [0.4, 0.5) is 0 Å². The molecule has 5 heteroatoms. The van der Waals surface area contributed by atoms with E-state index in [4.69, 9.17) is 21.1 Å². The van der Waals surface area contributed by atoms with Gasteiger partial charge in [-0.2, -0.15) is 0 Å². The van der Waals surface area contributed by atoms with Gasteiger partial charge < -0.3 is 14.5 Å². The maximum absolute atomic E-state index is 6.08. The molecule has 1 heterocycles. The quantitative estimate of drug-likeness (QED) is 0.600. The minimum atomic E-state index is -0.214. The standard InChI is InChI=1S/C19H21ClN2O2/c1-12(2)22-19(23-3)15-11-21-16-5-4-6-17(18(15)16)24-14-9-7-13(20)8-10-14/h4-12,19,21-22H,1-3H3. The summed E-state index contributed by atoms with van der Waals surface area (Å²) in [6.07, 6.45) is 1.75. The van der Waals surface area contributed by atoms with E-state index in [1.54, 1.807) is 7.11 Å². The van der Waals surface area contributed by atoms with Crippen molar-refractivity contribution in [2.45, 2.75) is 26.1 Å². The molecule has 0 fully saturated rings. The van der Waals surface area contributed by atoms with Gasteiger partial charge in [0.25, 0.3) is 0 Å². The van der Waals surface area contributed by atoms with Gasteiger partial charge in [-0.3, -0.25) is 5.32 Å². The molecule has 0 aliphatic heterocycles. The molecule has 3 aromatic rings. The maximum atomic E-state index is 6.08. The largest absolute Gasteiger partial charge is 0.457 e. The molecular formula is C19H21ClN2O2. The number of aromatic amines is 1. The van der Waals surface area contributed by atoms with Crippen molar-refractivity contribution in [1.29, 1.82) is 0 Å². The smallest absolute Gasteiger partial charge is 0.137 e. The van der Waals surface area contributed by atoms with Crippen molar-refractivity contribution in [2.24, 2.45) is 0 Å². The SMILES string of the molecule is COC(NC(C)C)c1c[nH]c2cccc(Oc3ccc(Cl)cc3)c12. The van der Waals surface area contributed by atoms with Gasteiger partial charge in [0.1, 0.15) is 17.7 Å². The Balaban J connectivity index is 2.01. The van der Waals surface area contributed by atoms with Crippen LogP contribution in [0.1, 0.15) is 25.6 Å². The molecule has 0 aliphatic rings. The number of ether oxygens (including phenoxy) is 2. The zero-order valence-corrected chi connectivity index (χ0v) is 14.7. The minimum Gasteiger partial charge on any atom is -0.457 e. The first-order chi connectivity index (χ1) is 11.6. The highest BCUT2D eigenvalue weighted by Crippen LogP contribution is 2.35. The third-order valence-corrected chi connectivity index (χ3v) is 3.99. The fourth-order valence-electron chi connectivity index (χ4n) is 2.69. The number of fused-ring (bicyclic) bond motifs is 1. The normalized spacial score (nSPS) is 12.7. The molecule has 24 heavy (non-hydrogen) atoms. The van der Waals surface area contributed by atoms with E-state index in [0.717, 1.165) is 28.0 Å². The zero-order valence-electron chi connectivity index (χ0n) is 14.0.